The molecule has 3 nitrogen and oxygen atoms in total. The zero-order valence-electron chi connectivity index (χ0n) is 8.91. The Morgan fingerprint density at radius 1 is 1.47 bits per heavy atom. The third kappa shape index (κ3) is 1.96. The third-order valence-corrected chi connectivity index (χ3v) is 3.34. The van der Waals surface area contributed by atoms with Crippen molar-refractivity contribution in [3.63, 3.8) is 0 Å². The molecule has 0 unspecified atom stereocenters. The van der Waals surface area contributed by atoms with Gasteiger partial charge in [0.05, 0.1) is 16.8 Å². The molecule has 0 aliphatic rings. The summed E-state index contributed by atoms with van der Waals surface area (Å²) in [6, 6.07) is 6.29. The van der Waals surface area contributed by atoms with Crippen molar-refractivity contribution in [2.45, 2.75) is 13.5 Å². The van der Waals surface area contributed by atoms with Gasteiger partial charge in [-0.1, -0.05) is 17.4 Å². The number of ether oxygens (including phenoxy) is 1. The van der Waals surface area contributed by atoms with Gasteiger partial charge in [-0.2, -0.15) is 0 Å². The molecule has 0 saturated heterocycles. The Kier molecular flexibility index (Phi) is 2.88. The Bertz CT molecular complexity index is 527. The third-order valence-electron chi connectivity index (χ3n) is 2.38. The molecule has 0 bridgehead atoms. The number of nitrogens with one attached hydrogen (secondary N) is 1. The van der Waals surface area contributed by atoms with E-state index in [1.54, 1.807) is 7.11 Å². The molecule has 0 fully saturated rings. The van der Waals surface area contributed by atoms with Crippen LogP contribution in [0.25, 0.3) is 10.2 Å². The molecule has 80 valence electrons. The van der Waals surface area contributed by atoms with Crippen molar-refractivity contribution in [1.29, 1.82) is 5.41 Å². The van der Waals surface area contributed by atoms with E-state index in [4.69, 9.17) is 10.1 Å². The van der Waals surface area contributed by atoms with Gasteiger partial charge in [0.15, 0.2) is 4.80 Å². The molecule has 1 N–H and O–H groups in total. The number of methoxy groups -OCH3 is 1. The van der Waals surface area contributed by atoms with Gasteiger partial charge in [0.1, 0.15) is 0 Å². The lowest BCUT2D eigenvalue weighted by Gasteiger charge is -2.03. The number of aromatic nitrogens is 1. The minimum Gasteiger partial charge on any atom is -0.383 e. The van der Waals surface area contributed by atoms with Crippen molar-refractivity contribution < 1.29 is 4.74 Å². The molecule has 1 aromatic carbocycles. The Labute approximate surface area is 92.4 Å². The second-order valence-electron chi connectivity index (χ2n) is 3.52. The summed E-state index contributed by atoms with van der Waals surface area (Å²) in [6.45, 7) is 3.47. The van der Waals surface area contributed by atoms with Gasteiger partial charge >= 0.3 is 0 Å². The zero-order valence-corrected chi connectivity index (χ0v) is 9.73. The molecule has 0 atom stereocenters. The highest BCUT2D eigenvalue weighted by Gasteiger charge is 2.04. The van der Waals surface area contributed by atoms with Crippen LogP contribution in [0.4, 0.5) is 0 Å². The summed E-state index contributed by atoms with van der Waals surface area (Å²) in [6.07, 6.45) is 0. The summed E-state index contributed by atoms with van der Waals surface area (Å²) in [4.78, 5) is 0.590. The Hall–Kier alpha value is -1.13. The molecule has 0 amide bonds. The molecule has 4 heteroatoms. The molecule has 0 aliphatic carbocycles. The van der Waals surface area contributed by atoms with Crippen LogP contribution >= 0.6 is 11.3 Å². The second-order valence-corrected chi connectivity index (χ2v) is 4.55. The van der Waals surface area contributed by atoms with Crippen molar-refractivity contribution in [1.82, 2.24) is 4.57 Å². The van der Waals surface area contributed by atoms with Crippen LogP contribution < -0.4 is 4.80 Å². The van der Waals surface area contributed by atoms with Gasteiger partial charge in [-0.05, 0) is 24.6 Å². The number of thiazole rings is 1. The lowest BCUT2D eigenvalue weighted by molar-refractivity contribution is 0.187. The first-order valence-corrected chi connectivity index (χ1v) is 5.67. The molecular formula is C11H14N2OS. The molecule has 0 aliphatic heterocycles. The highest BCUT2D eigenvalue weighted by atomic mass is 32.1. The predicted octanol–water partition coefficient (Wildman–Crippen LogP) is 2.14. The van der Waals surface area contributed by atoms with Crippen molar-refractivity contribution in [2.75, 3.05) is 13.7 Å². The van der Waals surface area contributed by atoms with E-state index in [2.05, 4.69) is 25.1 Å². The number of aryl methyl sites for hydroxylation is 1. The first-order chi connectivity index (χ1) is 7.22. The molecule has 0 spiro atoms. The molecule has 15 heavy (non-hydrogen) atoms. The fraction of sp³-hybridized carbons (Fsp3) is 0.364. The lowest BCUT2D eigenvalue weighted by atomic mass is 10.2. The van der Waals surface area contributed by atoms with E-state index in [1.165, 1.54) is 21.6 Å². The minimum atomic E-state index is 0.590. The van der Waals surface area contributed by atoms with Crippen molar-refractivity contribution >= 4 is 21.6 Å². The van der Waals surface area contributed by atoms with Gasteiger partial charge in [-0.3, -0.25) is 5.41 Å². The quantitative estimate of drug-likeness (QED) is 0.849. The number of hydrogen-bond donors (Lipinski definition) is 1. The summed E-state index contributed by atoms with van der Waals surface area (Å²) in [5, 5.41) is 7.87. The van der Waals surface area contributed by atoms with Crippen LogP contribution in [-0.2, 0) is 11.3 Å². The van der Waals surface area contributed by atoms with Crippen LogP contribution in [0.5, 0.6) is 0 Å². The zero-order chi connectivity index (χ0) is 10.8. The van der Waals surface area contributed by atoms with E-state index < -0.39 is 0 Å². The topological polar surface area (TPSA) is 38.0 Å². The molecule has 0 radical (unpaired) electrons. The second kappa shape index (κ2) is 4.16. The highest BCUT2D eigenvalue weighted by molar-refractivity contribution is 7.16. The minimum absolute atomic E-state index is 0.590. The van der Waals surface area contributed by atoms with E-state index in [1.807, 2.05) is 4.57 Å². The number of hydrogen-bond acceptors (Lipinski definition) is 3. The fourth-order valence-corrected chi connectivity index (χ4v) is 2.64. The maximum Gasteiger partial charge on any atom is 0.182 e. The summed E-state index contributed by atoms with van der Waals surface area (Å²) in [7, 11) is 1.68. The first-order valence-electron chi connectivity index (χ1n) is 4.86. The van der Waals surface area contributed by atoms with E-state index in [0.29, 0.717) is 11.4 Å². The van der Waals surface area contributed by atoms with Crippen molar-refractivity contribution in [3.05, 3.63) is 28.6 Å². The summed E-state index contributed by atoms with van der Waals surface area (Å²) in [5.74, 6) is 0. The maximum atomic E-state index is 7.87. The van der Waals surface area contributed by atoms with E-state index in [-0.39, 0.29) is 0 Å². The first kappa shape index (κ1) is 10.4. The van der Waals surface area contributed by atoms with Crippen LogP contribution in [0.15, 0.2) is 18.2 Å². The molecule has 1 heterocycles. The molecule has 0 saturated carbocycles. The fourth-order valence-electron chi connectivity index (χ4n) is 1.60. The predicted molar refractivity (Wildman–Crippen MR) is 62.3 cm³/mol. The number of benzene rings is 1. The number of rotatable bonds is 3. The van der Waals surface area contributed by atoms with Crippen LogP contribution in [0.1, 0.15) is 5.56 Å². The van der Waals surface area contributed by atoms with E-state index in [9.17, 15) is 0 Å². The normalized spacial score (nSPS) is 11.1. The van der Waals surface area contributed by atoms with E-state index in [0.717, 1.165) is 12.1 Å². The molecular weight excluding hydrogens is 208 g/mol. The summed E-state index contributed by atoms with van der Waals surface area (Å²) >= 11 is 1.52. The molecule has 2 rings (SSSR count). The summed E-state index contributed by atoms with van der Waals surface area (Å²) in [5.41, 5.74) is 2.37. The average molecular weight is 222 g/mol. The van der Waals surface area contributed by atoms with Crippen LogP contribution in [0, 0.1) is 12.3 Å². The average Bonchev–Trinajstić information content (AvgIpc) is 2.50. The maximum absolute atomic E-state index is 7.87. The van der Waals surface area contributed by atoms with Gasteiger partial charge < -0.3 is 9.30 Å². The summed E-state index contributed by atoms with van der Waals surface area (Å²) < 4.78 is 8.21. The molecule has 1 aromatic heterocycles. The largest absolute Gasteiger partial charge is 0.383 e. The Morgan fingerprint density at radius 2 is 2.27 bits per heavy atom. The Morgan fingerprint density at radius 3 is 3.00 bits per heavy atom. The van der Waals surface area contributed by atoms with Crippen LogP contribution in [0.3, 0.4) is 0 Å². The standard InChI is InChI=1S/C11H14N2OS/c1-8-3-4-9-10(7-8)15-11(12)13(9)5-6-14-2/h3-4,7,12H,5-6H2,1-2H3. The van der Waals surface area contributed by atoms with Gasteiger partial charge in [0.25, 0.3) is 0 Å². The SMILES string of the molecule is COCCn1c(=N)sc2cc(C)ccc21. The van der Waals surface area contributed by atoms with Crippen LogP contribution in [0.2, 0.25) is 0 Å². The molecule has 2 aromatic rings. The van der Waals surface area contributed by atoms with Crippen molar-refractivity contribution in [2.24, 2.45) is 0 Å². The number of fused-ring (bicyclic) bond motifs is 1. The Balaban J connectivity index is 2.53. The van der Waals surface area contributed by atoms with Gasteiger partial charge in [-0.15, -0.1) is 0 Å². The van der Waals surface area contributed by atoms with Gasteiger partial charge in [0, 0.05) is 13.7 Å². The highest BCUT2D eigenvalue weighted by Crippen LogP contribution is 2.18. The van der Waals surface area contributed by atoms with Crippen LogP contribution in [-0.4, -0.2) is 18.3 Å². The smallest absolute Gasteiger partial charge is 0.182 e. The van der Waals surface area contributed by atoms with Gasteiger partial charge in [-0.25, -0.2) is 0 Å². The lowest BCUT2D eigenvalue weighted by Crippen LogP contribution is -2.15. The number of nitrogens with zero attached hydrogens (tertiary/aromatic N) is 1. The van der Waals surface area contributed by atoms with E-state index >= 15 is 0 Å². The van der Waals surface area contributed by atoms with Gasteiger partial charge in [0.2, 0.25) is 0 Å². The monoisotopic (exact) mass is 222 g/mol. The van der Waals surface area contributed by atoms with Crippen molar-refractivity contribution in [3.8, 4) is 0 Å².